The molecule has 0 rings (SSSR count). The number of unbranched alkanes of at least 4 members (excludes halogenated alkanes) is 55. The number of hydrogen-bond donors (Lipinski definition) is 3. The number of aliphatic hydroxyl groups is 1. The van der Waals surface area contributed by atoms with Gasteiger partial charge in [0.15, 0.2) is 12.2 Å². The highest BCUT2D eigenvalue weighted by atomic mass is 31.2. The fourth-order valence-corrected chi connectivity index (χ4v) is 15.6. The number of esters is 4. The molecule has 0 heterocycles. The van der Waals surface area contributed by atoms with Crippen LogP contribution in [0.2, 0.25) is 0 Å². The Morgan fingerprint density at radius 2 is 0.468 bits per heavy atom. The van der Waals surface area contributed by atoms with Crippen molar-refractivity contribution in [2.45, 2.75) is 497 Å². The molecule has 0 aliphatic heterocycles. The normalized spacial score (nSPS) is 14.1. The Morgan fingerprint density at radius 3 is 0.697 bits per heavy atom. The summed E-state index contributed by atoms with van der Waals surface area (Å²) in [6.45, 7) is 12.1. The molecule has 0 aromatic rings. The quantitative estimate of drug-likeness (QED) is 0.0222. The van der Waals surface area contributed by atoms with Crippen LogP contribution in [0.25, 0.3) is 0 Å². The van der Waals surface area contributed by atoms with Gasteiger partial charge in [-0.3, -0.25) is 37.3 Å². The molecule has 6 atom stereocenters. The summed E-state index contributed by atoms with van der Waals surface area (Å²) in [6.07, 6.45) is 72.2. The Hall–Kier alpha value is -1.94. The maximum Gasteiger partial charge on any atom is 0.472 e. The van der Waals surface area contributed by atoms with Gasteiger partial charge >= 0.3 is 39.5 Å². The maximum absolute atomic E-state index is 13.2. The fourth-order valence-electron chi connectivity index (χ4n) is 14.0. The lowest BCUT2D eigenvalue weighted by Gasteiger charge is -2.21. The monoisotopic (exact) mass is 1590 g/mol. The van der Waals surface area contributed by atoms with Crippen molar-refractivity contribution >= 4 is 39.5 Å². The summed E-state index contributed by atoms with van der Waals surface area (Å²) in [5.41, 5.74) is 0. The lowest BCUT2D eigenvalue weighted by molar-refractivity contribution is -0.161. The third-order valence-electron chi connectivity index (χ3n) is 21.5. The van der Waals surface area contributed by atoms with Crippen LogP contribution in [-0.2, 0) is 65.4 Å². The van der Waals surface area contributed by atoms with Crippen molar-refractivity contribution in [2.75, 3.05) is 39.6 Å². The molecule has 0 radical (unpaired) electrons. The van der Waals surface area contributed by atoms with Crippen LogP contribution in [0.15, 0.2) is 0 Å². The Bertz CT molecular complexity index is 2100. The summed E-state index contributed by atoms with van der Waals surface area (Å²) >= 11 is 0. The van der Waals surface area contributed by atoms with Crippen molar-refractivity contribution in [3.05, 3.63) is 0 Å². The van der Waals surface area contributed by atoms with Crippen LogP contribution < -0.4 is 0 Å². The van der Waals surface area contributed by atoms with Crippen molar-refractivity contribution in [3.8, 4) is 0 Å². The summed E-state index contributed by atoms with van der Waals surface area (Å²) in [6, 6.07) is 0. The summed E-state index contributed by atoms with van der Waals surface area (Å²) in [4.78, 5) is 73.4. The Kier molecular flexibility index (Phi) is 78.5. The zero-order valence-corrected chi connectivity index (χ0v) is 73.8. The highest BCUT2D eigenvalue weighted by molar-refractivity contribution is 7.47. The SMILES string of the molecule is CCCCCCCCCCCCCCCCCCCCC(=O)O[C@H](COC(=O)CCCCCCCCCCCC(C)C)COP(=O)(O)OC[C@H](O)COP(=O)(O)OC[C@@H](COC(=O)CCCCCCCCCCCCCCCCC(C)CC)OC(=O)CCCCCCCCCCCCCCCCCCCCC(C)C. The third-order valence-corrected chi connectivity index (χ3v) is 23.4. The first-order chi connectivity index (χ1) is 52.8. The molecule has 0 aromatic heterocycles. The second-order valence-corrected chi connectivity index (χ2v) is 36.4. The molecule has 0 saturated carbocycles. The summed E-state index contributed by atoms with van der Waals surface area (Å²) < 4.78 is 69.1. The van der Waals surface area contributed by atoms with E-state index in [0.29, 0.717) is 25.7 Å². The van der Waals surface area contributed by atoms with E-state index < -0.39 is 97.5 Å². The minimum absolute atomic E-state index is 0.108. The van der Waals surface area contributed by atoms with Crippen LogP contribution >= 0.6 is 15.6 Å². The molecule has 0 aliphatic carbocycles. The summed E-state index contributed by atoms with van der Waals surface area (Å²) in [5.74, 6) is 0.315. The van der Waals surface area contributed by atoms with Gasteiger partial charge in [-0.1, -0.05) is 427 Å². The van der Waals surface area contributed by atoms with Crippen LogP contribution in [0.5, 0.6) is 0 Å². The second-order valence-electron chi connectivity index (χ2n) is 33.5. The average Bonchev–Trinajstić information content (AvgIpc) is 0.902. The highest BCUT2D eigenvalue weighted by Gasteiger charge is 2.31. The van der Waals surface area contributed by atoms with E-state index in [0.717, 1.165) is 108 Å². The van der Waals surface area contributed by atoms with Crippen molar-refractivity contribution < 1.29 is 80.2 Å². The zero-order chi connectivity index (χ0) is 80.0. The topological polar surface area (TPSA) is 237 Å². The molecule has 648 valence electrons. The minimum Gasteiger partial charge on any atom is -0.462 e. The lowest BCUT2D eigenvalue weighted by Crippen LogP contribution is -2.30. The van der Waals surface area contributed by atoms with E-state index in [1.807, 2.05) is 0 Å². The van der Waals surface area contributed by atoms with Crippen LogP contribution in [0.3, 0.4) is 0 Å². The van der Waals surface area contributed by atoms with Gasteiger partial charge in [-0.15, -0.1) is 0 Å². The number of rotatable bonds is 88. The molecule has 3 N–H and O–H groups in total. The molecule has 109 heavy (non-hydrogen) atoms. The number of carbonyl (C=O) groups is 4. The van der Waals surface area contributed by atoms with E-state index in [-0.39, 0.29) is 25.7 Å². The van der Waals surface area contributed by atoms with Crippen molar-refractivity contribution in [3.63, 3.8) is 0 Å². The van der Waals surface area contributed by atoms with Crippen LogP contribution in [0, 0.1) is 17.8 Å². The zero-order valence-electron chi connectivity index (χ0n) is 72.0. The lowest BCUT2D eigenvalue weighted by atomic mass is 9.99. The number of carbonyl (C=O) groups excluding carboxylic acids is 4. The number of phosphoric acid groups is 2. The van der Waals surface area contributed by atoms with Gasteiger partial charge in [0.05, 0.1) is 26.4 Å². The van der Waals surface area contributed by atoms with E-state index in [9.17, 15) is 43.2 Å². The van der Waals surface area contributed by atoms with Gasteiger partial charge in [0.25, 0.3) is 0 Å². The molecular weight excluding hydrogens is 1410 g/mol. The van der Waals surface area contributed by atoms with E-state index in [1.165, 1.54) is 289 Å². The van der Waals surface area contributed by atoms with Crippen molar-refractivity contribution in [1.82, 2.24) is 0 Å². The molecule has 3 unspecified atom stereocenters. The van der Waals surface area contributed by atoms with Crippen LogP contribution in [0.4, 0.5) is 0 Å². The first-order valence-electron chi connectivity index (χ1n) is 46.4. The maximum atomic E-state index is 13.2. The van der Waals surface area contributed by atoms with Gasteiger partial charge < -0.3 is 33.8 Å². The molecule has 0 fully saturated rings. The molecule has 0 aromatic carbocycles. The first kappa shape index (κ1) is 107. The Labute approximate surface area is 670 Å². The molecule has 0 spiro atoms. The summed E-state index contributed by atoms with van der Waals surface area (Å²) in [7, 11) is -9.94. The van der Waals surface area contributed by atoms with E-state index >= 15 is 0 Å². The highest BCUT2D eigenvalue weighted by Crippen LogP contribution is 2.45. The Balaban J connectivity index is 5.26. The van der Waals surface area contributed by atoms with Crippen molar-refractivity contribution in [1.29, 1.82) is 0 Å². The molecule has 0 amide bonds. The van der Waals surface area contributed by atoms with Crippen LogP contribution in [0.1, 0.15) is 479 Å². The van der Waals surface area contributed by atoms with Gasteiger partial charge in [0.1, 0.15) is 19.3 Å². The van der Waals surface area contributed by atoms with Gasteiger partial charge in [-0.2, -0.15) is 0 Å². The standard InChI is InChI=1S/C90H176O17P2/c1-8-10-11-12-13-14-15-16-17-18-22-25-32-37-44-52-59-66-74-90(95)107-86(78-101-88(93)72-65-58-51-46-39-41-48-55-62-69-82(5)6)80-105-109(98,99)103-76-84(91)75-102-108(96,97)104-79-85(77-100-87(92)71-64-57-50-43-36-31-28-27-30-35-42-49-56-63-70-83(7)9-2)106-89(94)73-67-60-53-45-38-33-26-23-20-19-21-24-29-34-40-47-54-61-68-81(3)4/h81-86,91H,8-80H2,1-7H3,(H,96,97)(H,98,99)/t83?,84-,85-,86-/m1/s1. The van der Waals surface area contributed by atoms with Crippen molar-refractivity contribution in [2.24, 2.45) is 17.8 Å². The summed E-state index contributed by atoms with van der Waals surface area (Å²) in [5, 5.41) is 10.7. The predicted molar refractivity (Wildman–Crippen MR) is 451 cm³/mol. The molecular formula is C90H176O17P2. The Morgan fingerprint density at radius 1 is 0.266 bits per heavy atom. The number of aliphatic hydroxyl groups excluding tert-OH is 1. The largest absolute Gasteiger partial charge is 0.472 e. The number of hydrogen-bond acceptors (Lipinski definition) is 15. The fraction of sp³-hybridized carbons (Fsp3) is 0.956. The van der Waals surface area contributed by atoms with E-state index in [1.54, 1.807) is 0 Å². The molecule has 0 aliphatic rings. The van der Waals surface area contributed by atoms with E-state index in [2.05, 4.69) is 48.5 Å². The smallest absolute Gasteiger partial charge is 0.462 e. The van der Waals surface area contributed by atoms with Gasteiger partial charge in [0.2, 0.25) is 0 Å². The third kappa shape index (κ3) is 82.4. The average molecular weight is 1590 g/mol. The second kappa shape index (κ2) is 79.9. The van der Waals surface area contributed by atoms with Gasteiger partial charge in [-0.05, 0) is 43.4 Å². The molecule has 0 saturated heterocycles. The van der Waals surface area contributed by atoms with Gasteiger partial charge in [-0.25, -0.2) is 9.13 Å². The van der Waals surface area contributed by atoms with E-state index in [4.69, 9.17) is 37.0 Å². The number of phosphoric ester groups is 2. The number of ether oxygens (including phenoxy) is 4. The van der Waals surface area contributed by atoms with Gasteiger partial charge in [0, 0.05) is 25.7 Å². The minimum atomic E-state index is -4.97. The predicted octanol–water partition coefficient (Wildman–Crippen LogP) is 27.6. The first-order valence-corrected chi connectivity index (χ1v) is 49.4. The molecule has 0 bridgehead atoms. The molecule has 17 nitrogen and oxygen atoms in total. The van der Waals surface area contributed by atoms with Crippen LogP contribution in [-0.4, -0.2) is 96.7 Å². The molecule has 19 heteroatoms.